The van der Waals surface area contributed by atoms with Gasteiger partial charge in [0.2, 0.25) is 0 Å². The first-order chi connectivity index (χ1) is 16.8. The highest BCUT2D eigenvalue weighted by atomic mass is 35.5. The Balaban J connectivity index is 1.49. The van der Waals surface area contributed by atoms with Crippen molar-refractivity contribution < 1.29 is 18.0 Å². The number of carbonyl (C=O) groups excluding carboxylic acids is 1. The second-order valence-corrected chi connectivity index (χ2v) is 10.3. The summed E-state index contributed by atoms with van der Waals surface area (Å²) in [6.45, 7) is 1.16. The van der Waals surface area contributed by atoms with Crippen LogP contribution in [-0.4, -0.2) is 21.8 Å². The Bertz CT molecular complexity index is 1140. The summed E-state index contributed by atoms with van der Waals surface area (Å²) in [6, 6.07) is 12.9. The van der Waals surface area contributed by atoms with E-state index in [1.54, 1.807) is 17.5 Å². The Morgan fingerprint density at radius 1 is 1.03 bits per heavy atom. The second-order valence-electron chi connectivity index (χ2n) is 8.91. The minimum Gasteiger partial charge on any atom is -0.348 e. The SMILES string of the molecule is O=C(NC1CCCCC1)c1csc(CN(Cc2cccc(Cl)c2)Cc2cccc(C(F)(F)F)c2)n1. The van der Waals surface area contributed by atoms with E-state index in [9.17, 15) is 18.0 Å². The quantitative estimate of drug-likeness (QED) is 0.344. The molecule has 0 aliphatic heterocycles. The lowest BCUT2D eigenvalue weighted by Gasteiger charge is -2.22. The number of halogens is 4. The van der Waals surface area contributed by atoms with Gasteiger partial charge in [-0.2, -0.15) is 13.2 Å². The standard InChI is InChI=1S/C26H27ClF3N3OS/c27-21-9-5-7-19(13-21)15-33(14-18-6-4-8-20(12-18)26(28,29)30)16-24-32-23(17-35-24)25(34)31-22-10-2-1-3-11-22/h4-9,12-13,17,22H,1-3,10-11,14-16H2,(H,31,34). The number of hydrogen-bond acceptors (Lipinski definition) is 4. The van der Waals surface area contributed by atoms with Crippen molar-refractivity contribution in [2.24, 2.45) is 0 Å². The van der Waals surface area contributed by atoms with Crippen LogP contribution in [0, 0.1) is 0 Å². The summed E-state index contributed by atoms with van der Waals surface area (Å²) in [7, 11) is 0. The minimum atomic E-state index is -4.40. The van der Waals surface area contributed by atoms with E-state index in [-0.39, 0.29) is 11.9 Å². The van der Waals surface area contributed by atoms with Gasteiger partial charge in [-0.1, -0.05) is 61.2 Å². The monoisotopic (exact) mass is 521 g/mol. The van der Waals surface area contributed by atoms with Gasteiger partial charge in [-0.15, -0.1) is 11.3 Å². The third kappa shape index (κ3) is 7.53. The lowest BCUT2D eigenvalue weighted by molar-refractivity contribution is -0.137. The Morgan fingerprint density at radius 3 is 2.40 bits per heavy atom. The van der Waals surface area contributed by atoms with Crippen LogP contribution in [0.2, 0.25) is 5.02 Å². The molecule has 0 unspecified atom stereocenters. The van der Waals surface area contributed by atoms with E-state index in [1.165, 1.54) is 29.9 Å². The van der Waals surface area contributed by atoms with Gasteiger partial charge in [0.25, 0.3) is 5.91 Å². The average molecular weight is 522 g/mol. The van der Waals surface area contributed by atoms with Crippen molar-refractivity contribution in [2.45, 2.75) is 64.0 Å². The summed E-state index contributed by atoms with van der Waals surface area (Å²) in [5.74, 6) is -0.168. The first-order valence-corrected chi connectivity index (χ1v) is 12.9. The number of benzene rings is 2. The van der Waals surface area contributed by atoms with E-state index < -0.39 is 11.7 Å². The number of carbonyl (C=O) groups is 1. The third-order valence-electron chi connectivity index (χ3n) is 6.04. The molecule has 0 bridgehead atoms. The fourth-order valence-electron chi connectivity index (χ4n) is 4.35. The molecule has 1 amide bonds. The van der Waals surface area contributed by atoms with Crippen molar-refractivity contribution in [3.63, 3.8) is 0 Å². The molecule has 1 heterocycles. The molecule has 1 aromatic heterocycles. The molecule has 1 saturated carbocycles. The maximum atomic E-state index is 13.2. The summed E-state index contributed by atoms with van der Waals surface area (Å²) in [4.78, 5) is 19.2. The first-order valence-electron chi connectivity index (χ1n) is 11.6. The van der Waals surface area contributed by atoms with Gasteiger partial charge >= 0.3 is 6.18 Å². The maximum Gasteiger partial charge on any atom is 0.416 e. The first kappa shape index (κ1) is 25.7. The van der Waals surface area contributed by atoms with E-state index in [1.807, 2.05) is 23.1 Å². The van der Waals surface area contributed by atoms with Gasteiger partial charge < -0.3 is 5.32 Å². The van der Waals surface area contributed by atoms with Crippen molar-refractivity contribution in [3.05, 3.63) is 86.3 Å². The maximum absolute atomic E-state index is 13.2. The van der Waals surface area contributed by atoms with Gasteiger partial charge in [0.1, 0.15) is 10.7 Å². The van der Waals surface area contributed by atoms with Gasteiger partial charge in [-0.3, -0.25) is 9.69 Å². The van der Waals surface area contributed by atoms with E-state index >= 15 is 0 Å². The fourth-order valence-corrected chi connectivity index (χ4v) is 5.38. The molecule has 9 heteroatoms. The van der Waals surface area contributed by atoms with Crippen LogP contribution in [0.1, 0.15) is 64.3 Å². The molecule has 1 aliphatic rings. The van der Waals surface area contributed by atoms with Gasteiger partial charge in [0.05, 0.1) is 12.1 Å². The van der Waals surface area contributed by atoms with Crippen molar-refractivity contribution in [3.8, 4) is 0 Å². The van der Waals surface area contributed by atoms with Crippen LogP contribution in [0.4, 0.5) is 13.2 Å². The molecule has 3 aromatic rings. The van der Waals surface area contributed by atoms with Crippen LogP contribution in [-0.2, 0) is 25.8 Å². The molecule has 0 spiro atoms. The predicted molar refractivity (Wildman–Crippen MR) is 132 cm³/mol. The van der Waals surface area contributed by atoms with E-state index in [2.05, 4.69) is 10.3 Å². The fraction of sp³-hybridized carbons (Fsp3) is 0.385. The Hall–Kier alpha value is -2.42. The van der Waals surface area contributed by atoms with Crippen molar-refractivity contribution in [1.82, 2.24) is 15.2 Å². The number of amides is 1. The van der Waals surface area contributed by atoms with Crippen LogP contribution in [0.5, 0.6) is 0 Å². The molecule has 0 saturated heterocycles. The highest BCUT2D eigenvalue weighted by molar-refractivity contribution is 7.09. The van der Waals surface area contributed by atoms with Crippen molar-refractivity contribution in [2.75, 3.05) is 0 Å². The highest BCUT2D eigenvalue weighted by Crippen LogP contribution is 2.30. The van der Waals surface area contributed by atoms with Crippen LogP contribution < -0.4 is 5.32 Å². The lowest BCUT2D eigenvalue weighted by atomic mass is 9.95. The number of aromatic nitrogens is 1. The summed E-state index contributed by atoms with van der Waals surface area (Å²) < 4.78 is 39.6. The number of hydrogen-bond donors (Lipinski definition) is 1. The highest BCUT2D eigenvalue weighted by Gasteiger charge is 2.30. The molecule has 0 radical (unpaired) electrons. The topological polar surface area (TPSA) is 45.2 Å². The van der Waals surface area contributed by atoms with Gasteiger partial charge in [0.15, 0.2) is 0 Å². The summed E-state index contributed by atoms with van der Waals surface area (Å²) in [5, 5.41) is 6.15. The van der Waals surface area contributed by atoms with Crippen molar-refractivity contribution in [1.29, 1.82) is 0 Å². The summed E-state index contributed by atoms with van der Waals surface area (Å²) in [6.07, 6.45) is 1.05. The van der Waals surface area contributed by atoms with Crippen molar-refractivity contribution >= 4 is 28.8 Å². The lowest BCUT2D eigenvalue weighted by Crippen LogP contribution is -2.36. The van der Waals surface area contributed by atoms with Crippen LogP contribution in [0.25, 0.3) is 0 Å². The van der Waals surface area contributed by atoms with E-state index in [0.717, 1.165) is 42.3 Å². The van der Waals surface area contributed by atoms with Gasteiger partial charge in [0, 0.05) is 29.5 Å². The molecule has 2 aromatic carbocycles. The molecular formula is C26H27ClF3N3OS. The number of alkyl halides is 3. The molecule has 1 fully saturated rings. The molecule has 1 N–H and O–H groups in total. The van der Waals surface area contributed by atoms with Crippen LogP contribution in [0.15, 0.2) is 53.9 Å². The normalized spacial score (nSPS) is 14.9. The summed E-state index contributed by atoms with van der Waals surface area (Å²) in [5.41, 5.74) is 1.20. The smallest absolute Gasteiger partial charge is 0.348 e. The number of thiazole rings is 1. The zero-order chi connectivity index (χ0) is 24.8. The van der Waals surface area contributed by atoms with E-state index in [0.29, 0.717) is 35.9 Å². The summed E-state index contributed by atoms with van der Waals surface area (Å²) >= 11 is 7.52. The number of nitrogens with zero attached hydrogens (tertiary/aromatic N) is 2. The zero-order valence-electron chi connectivity index (χ0n) is 19.2. The predicted octanol–water partition coefficient (Wildman–Crippen LogP) is 7.08. The molecular weight excluding hydrogens is 495 g/mol. The third-order valence-corrected chi connectivity index (χ3v) is 7.11. The molecule has 4 nitrogen and oxygen atoms in total. The number of rotatable bonds is 8. The Kier molecular flexibility index (Phi) is 8.46. The average Bonchev–Trinajstić information content (AvgIpc) is 3.28. The minimum absolute atomic E-state index is 0.168. The van der Waals surface area contributed by atoms with Crippen LogP contribution >= 0.6 is 22.9 Å². The van der Waals surface area contributed by atoms with Crippen LogP contribution in [0.3, 0.4) is 0 Å². The van der Waals surface area contributed by atoms with Gasteiger partial charge in [-0.25, -0.2) is 4.98 Å². The van der Waals surface area contributed by atoms with E-state index in [4.69, 9.17) is 11.6 Å². The molecule has 1 aliphatic carbocycles. The molecule has 0 atom stereocenters. The molecule has 186 valence electrons. The molecule has 35 heavy (non-hydrogen) atoms. The zero-order valence-corrected chi connectivity index (χ0v) is 20.7. The number of nitrogens with one attached hydrogen (secondary N) is 1. The Morgan fingerprint density at radius 2 is 1.71 bits per heavy atom. The molecule has 4 rings (SSSR count). The Labute approximate surface area is 212 Å². The largest absolute Gasteiger partial charge is 0.416 e. The second kappa shape index (κ2) is 11.5. The van der Waals surface area contributed by atoms with Gasteiger partial charge in [-0.05, 0) is 42.2 Å².